The number of sulfonamides is 1. The van der Waals surface area contributed by atoms with Gasteiger partial charge in [-0.1, -0.05) is 30.3 Å². The molecule has 4 nitrogen and oxygen atoms in total. The second-order valence-corrected chi connectivity index (χ2v) is 7.63. The van der Waals surface area contributed by atoms with Crippen molar-refractivity contribution in [2.45, 2.75) is 11.4 Å². The van der Waals surface area contributed by atoms with Gasteiger partial charge in [-0.2, -0.15) is 0 Å². The van der Waals surface area contributed by atoms with Crippen LogP contribution in [0.2, 0.25) is 0 Å². The molecule has 3 rings (SSSR count). The lowest BCUT2D eigenvalue weighted by Crippen LogP contribution is -2.19. The predicted molar refractivity (Wildman–Crippen MR) is 83.5 cm³/mol. The van der Waals surface area contributed by atoms with Gasteiger partial charge in [0.1, 0.15) is 5.08 Å². The molecule has 0 saturated carbocycles. The minimum Gasteiger partial charge on any atom is -0.381 e. The highest BCUT2D eigenvalue weighted by molar-refractivity contribution is 8.13. The van der Waals surface area contributed by atoms with Gasteiger partial charge in [-0.25, -0.2) is 8.42 Å². The van der Waals surface area contributed by atoms with Crippen molar-refractivity contribution in [1.29, 1.82) is 0 Å². The Balaban J connectivity index is 1.73. The highest BCUT2D eigenvalue weighted by atomic mass is 32.3. The third kappa shape index (κ3) is 3.08. The summed E-state index contributed by atoms with van der Waals surface area (Å²) >= 11 is 1.34. The number of anilines is 2. The smallest absolute Gasteiger partial charge is 0.242 e. The van der Waals surface area contributed by atoms with Crippen molar-refractivity contribution in [1.82, 2.24) is 0 Å². The van der Waals surface area contributed by atoms with Crippen molar-refractivity contribution in [2.75, 3.05) is 15.1 Å². The second-order valence-electron chi connectivity index (χ2n) is 4.53. The summed E-state index contributed by atoms with van der Waals surface area (Å²) in [5, 5.41) is 3.41. The van der Waals surface area contributed by atoms with Crippen LogP contribution in [0.15, 0.2) is 53.4 Å². The quantitative estimate of drug-likeness (QED) is 0.915. The van der Waals surface area contributed by atoms with Gasteiger partial charge in [0.15, 0.2) is 0 Å². The van der Waals surface area contributed by atoms with Crippen LogP contribution in [0.3, 0.4) is 0 Å². The van der Waals surface area contributed by atoms with E-state index < -0.39 is 10.0 Å². The van der Waals surface area contributed by atoms with E-state index in [0.717, 1.165) is 17.1 Å². The Labute approximate surface area is 122 Å². The predicted octanol–water partition coefficient (Wildman–Crippen LogP) is 3.10. The summed E-state index contributed by atoms with van der Waals surface area (Å²) in [5.41, 5.74) is 2.85. The van der Waals surface area contributed by atoms with Crippen LogP contribution >= 0.6 is 11.8 Å². The molecule has 0 radical (unpaired) electrons. The Morgan fingerprint density at radius 3 is 2.75 bits per heavy atom. The fourth-order valence-corrected chi connectivity index (χ4v) is 4.40. The molecule has 20 heavy (non-hydrogen) atoms. The van der Waals surface area contributed by atoms with Gasteiger partial charge in [0.25, 0.3) is 0 Å². The lowest BCUT2D eigenvalue weighted by Gasteiger charge is -2.18. The molecule has 2 N–H and O–H groups in total. The highest BCUT2D eigenvalue weighted by Crippen LogP contribution is 2.35. The Bertz CT molecular complexity index is 715. The van der Waals surface area contributed by atoms with Crippen molar-refractivity contribution in [3.05, 3.63) is 54.1 Å². The third-order valence-corrected chi connectivity index (χ3v) is 5.85. The van der Waals surface area contributed by atoms with Gasteiger partial charge in [-0.15, -0.1) is 11.8 Å². The summed E-state index contributed by atoms with van der Waals surface area (Å²) in [5.74, 6) is 0. The summed E-state index contributed by atoms with van der Waals surface area (Å²) in [6.45, 7) is 0.746. The van der Waals surface area contributed by atoms with Crippen molar-refractivity contribution in [3.8, 4) is 0 Å². The lowest BCUT2D eigenvalue weighted by molar-refractivity contribution is 0.605. The molecular formula is C14H14N2O2S2. The molecule has 104 valence electrons. The van der Waals surface area contributed by atoms with Crippen molar-refractivity contribution < 1.29 is 8.42 Å². The third-order valence-electron chi connectivity index (χ3n) is 2.96. The molecule has 2 aromatic carbocycles. The van der Waals surface area contributed by atoms with Crippen LogP contribution in [0, 0.1) is 0 Å². The average molecular weight is 306 g/mol. The minimum atomic E-state index is -3.17. The molecule has 0 spiro atoms. The Hall–Kier alpha value is -1.66. The topological polar surface area (TPSA) is 58.2 Å². The first-order valence-electron chi connectivity index (χ1n) is 6.17. The van der Waals surface area contributed by atoms with E-state index in [1.54, 1.807) is 6.07 Å². The first-order chi connectivity index (χ1) is 9.62. The number of benzene rings is 2. The van der Waals surface area contributed by atoms with E-state index in [2.05, 4.69) is 22.2 Å². The number of rotatable bonds is 3. The molecule has 0 saturated heterocycles. The SMILES string of the molecule is O=S1(=O)CSc2cc(NCc3ccccc3)ccc2N1. The van der Waals surface area contributed by atoms with Crippen molar-refractivity contribution in [2.24, 2.45) is 0 Å². The fourth-order valence-electron chi connectivity index (χ4n) is 1.97. The number of fused-ring (bicyclic) bond motifs is 1. The molecule has 6 heteroatoms. The average Bonchev–Trinajstić information content (AvgIpc) is 2.45. The molecular weight excluding hydrogens is 292 g/mol. The van der Waals surface area contributed by atoms with E-state index in [-0.39, 0.29) is 5.08 Å². The highest BCUT2D eigenvalue weighted by Gasteiger charge is 2.20. The van der Waals surface area contributed by atoms with Gasteiger partial charge in [0, 0.05) is 17.1 Å². The number of nitrogens with one attached hydrogen (secondary N) is 2. The first-order valence-corrected chi connectivity index (χ1v) is 8.81. The Morgan fingerprint density at radius 1 is 1.15 bits per heavy atom. The maximum absolute atomic E-state index is 11.5. The van der Waals surface area contributed by atoms with Crippen molar-refractivity contribution >= 4 is 33.2 Å². The van der Waals surface area contributed by atoms with Gasteiger partial charge in [-0.3, -0.25) is 4.72 Å². The number of hydrogen-bond donors (Lipinski definition) is 2. The molecule has 0 aliphatic carbocycles. The number of thioether (sulfide) groups is 1. The molecule has 1 aliphatic heterocycles. The molecule has 1 heterocycles. The largest absolute Gasteiger partial charge is 0.381 e. The zero-order valence-electron chi connectivity index (χ0n) is 10.7. The van der Waals surface area contributed by atoms with Crippen LogP contribution in [0.5, 0.6) is 0 Å². The van der Waals surface area contributed by atoms with Crippen molar-refractivity contribution in [3.63, 3.8) is 0 Å². The number of hydrogen-bond acceptors (Lipinski definition) is 4. The summed E-state index contributed by atoms with van der Waals surface area (Å²) < 4.78 is 25.5. The Kier molecular flexibility index (Phi) is 3.58. The molecule has 0 unspecified atom stereocenters. The lowest BCUT2D eigenvalue weighted by atomic mass is 10.2. The van der Waals surface area contributed by atoms with E-state index in [0.29, 0.717) is 5.69 Å². The minimum absolute atomic E-state index is 0.0716. The summed E-state index contributed by atoms with van der Waals surface area (Å²) in [6, 6.07) is 15.8. The Morgan fingerprint density at radius 2 is 1.95 bits per heavy atom. The van der Waals surface area contributed by atoms with E-state index in [1.807, 2.05) is 30.3 Å². The second kappa shape index (κ2) is 5.38. The molecule has 0 atom stereocenters. The van der Waals surface area contributed by atoms with Crippen LogP contribution in [-0.4, -0.2) is 13.5 Å². The molecule has 0 aromatic heterocycles. The standard InChI is InChI=1S/C14H14N2O2S2/c17-20(18)10-19-14-8-12(6-7-13(14)16-20)15-9-11-4-2-1-3-5-11/h1-8,15-16H,9-10H2. The van der Waals surface area contributed by atoms with Crippen LogP contribution in [0.4, 0.5) is 11.4 Å². The van der Waals surface area contributed by atoms with Gasteiger partial charge in [0.2, 0.25) is 10.0 Å². The summed E-state index contributed by atoms with van der Waals surface area (Å²) in [6.07, 6.45) is 0. The van der Waals surface area contributed by atoms with Crippen LogP contribution in [0.1, 0.15) is 5.56 Å². The van der Waals surface area contributed by atoms with Crippen LogP contribution < -0.4 is 10.0 Å². The maximum Gasteiger partial charge on any atom is 0.242 e. The fraction of sp³-hybridized carbons (Fsp3) is 0.143. The maximum atomic E-state index is 11.5. The van der Waals surface area contributed by atoms with E-state index in [4.69, 9.17) is 0 Å². The van der Waals surface area contributed by atoms with Crippen LogP contribution in [0.25, 0.3) is 0 Å². The first kappa shape index (κ1) is 13.3. The summed E-state index contributed by atoms with van der Waals surface area (Å²) in [7, 11) is -3.17. The van der Waals surface area contributed by atoms with Gasteiger partial charge in [0.05, 0.1) is 5.69 Å². The van der Waals surface area contributed by atoms with Gasteiger partial charge >= 0.3 is 0 Å². The molecule has 0 bridgehead atoms. The molecule has 1 aliphatic rings. The van der Waals surface area contributed by atoms with E-state index in [1.165, 1.54) is 17.3 Å². The zero-order chi connectivity index (χ0) is 14.0. The van der Waals surface area contributed by atoms with Gasteiger partial charge in [-0.05, 0) is 23.8 Å². The van der Waals surface area contributed by atoms with E-state index >= 15 is 0 Å². The monoisotopic (exact) mass is 306 g/mol. The van der Waals surface area contributed by atoms with E-state index in [9.17, 15) is 8.42 Å². The molecule has 2 aromatic rings. The van der Waals surface area contributed by atoms with Gasteiger partial charge < -0.3 is 5.32 Å². The molecule has 0 amide bonds. The molecule has 0 fully saturated rings. The zero-order valence-corrected chi connectivity index (χ0v) is 12.3. The summed E-state index contributed by atoms with van der Waals surface area (Å²) in [4.78, 5) is 0.956. The van der Waals surface area contributed by atoms with Crippen LogP contribution in [-0.2, 0) is 16.6 Å². The normalized spacial score (nSPS) is 16.0.